The van der Waals surface area contributed by atoms with Crippen molar-refractivity contribution in [1.82, 2.24) is 15.3 Å². The molecule has 12 nitrogen and oxygen atoms in total. The van der Waals surface area contributed by atoms with Crippen molar-refractivity contribution in [3.8, 4) is 0 Å². The van der Waals surface area contributed by atoms with Crippen LogP contribution in [0.25, 0.3) is 5.32 Å². The molecule has 0 fully saturated rings. The molecule has 0 unspecified atom stereocenters. The van der Waals surface area contributed by atoms with Crippen LogP contribution in [0.5, 0.6) is 0 Å². The fraction of sp³-hybridized carbons (Fsp3) is 0.571. The molecule has 1 radical (unpaired) electrons. The largest absolute Gasteiger partial charge is 0.642 e. The van der Waals surface area contributed by atoms with Crippen LogP contribution in [0.15, 0.2) is 12.5 Å². The van der Waals surface area contributed by atoms with E-state index < -0.39 is 29.9 Å². The minimum Gasteiger partial charge on any atom is -0.642 e. The van der Waals surface area contributed by atoms with Crippen LogP contribution in [-0.2, 0) is 43.3 Å². The van der Waals surface area contributed by atoms with E-state index in [9.17, 15) is 19.5 Å². The van der Waals surface area contributed by atoms with Crippen LogP contribution in [0.2, 0.25) is 0 Å². The monoisotopic (exact) mass is 442 g/mol. The molecular formula is C14H28CuN6O6. The Morgan fingerprint density at radius 3 is 2.44 bits per heavy atom. The Bertz CT molecular complexity index is 544. The van der Waals surface area contributed by atoms with Gasteiger partial charge < -0.3 is 47.9 Å². The first-order valence-electron chi connectivity index (χ1n) is 7.62. The smallest absolute Gasteiger partial charge is 0.326 e. The van der Waals surface area contributed by atoms with Gasteiger partial charge in [0.2, 0.25) is 5.91 Å². The molecule has 161 valence electrons. The zero-order chi connectivity index (χ0) is 17.9. The number of carbonyl (C=O) groups is 3. The number of nitrogens with two attached hydrogens (primary N) is 2. The zero-order valence-electron chi connectivity index (χ0n) is 14.7. The van der Waals surface area contributed by atoms with Crippen molar-refractivity contribution in [2.45, 2.75) is 37.8 Å². The fourth-order valence-electron chi connectivity index (χ4n) is 2.04. The second-order valence-corrected chi connectivity index (χ2v) is 5.19. The first-order chi connectivity index (χ1) is 11.5. The molecule has 0 spiro atoms. The van der Waals surface area contributed by atoms with Crippen LogP contribution in [0.1, 0.15) is 25.0 Å². The summed E-state index contributed by atoms with van der Waals surface area (Å²) in [6, 6.07) is -2.14. The number of nitrogens with zero attached hydrogens (tertiary/aromatic N) is 2. The predicted molar refractivity (Wildman–Crippen MR) is 94.5 cm³/mol. The summed E-state index contributed by atoms with van der Waals surface area (Å²) in [5, 5.41) is 15.4. The molecule has 2 amide bonds. The van der Waals surface area contributed by atoms with Gasteiger partial charge in [0.15, 0.2) is 0 Å². The molecule has 27 heavy (non-hydrogen) atoms. The first kappa shape index (κ1) is 29.7. The maximum absolute atomic E-state index is 12.3. The number of unbranched alkanes of at least 4 members (excludes halogenated alkanes) is 1. The number of hydrogen-bond acceptors (Lipinski definition) is 6. The molecule has 0 saturated carbocycles. The molecule has 13 heteroatoms. The molecular weight excluding hydrogens is 415 g/mol. The summed E-state index contributed by atoms with van der Waals surface area (Å²) < 4.78 is 0. The number of hydrogen-bond donors (Lipinski definition) is 5. The Balaban J connectivity index is -0.00000192. The third kappa shape index (κ3) is 11.3. The normalized spacial score (nSPS) is 11.6. The number of aromatic nitrogens is 2. The maximum atomic E-state index is 12.3. The van der Waals surface area contributed by atoms with Crippen LogP contribution in [0.4, 0.5) is 0 Å². The average molecular weight is 443 g/mol. The van der Waals surface area contributed by atoms with Crippen LogP contribution >= 0.6 is 0 Å². The van der Waals surface area contributed by atoms with Gasteiger partial charge in [-0.2, -0.15) is 0 Å². The molecule has 1 aromatic rings. The summed E-state index contributed by atoms with van der Waals surface area (Å²) in [5.41, 5.74) is 11.1. The van der Waals surface area contributed by atoms with Gasteiger partial charge in [0, 0.05) is 29.8 Å². The van der Waals surface area contributed by atoms with Crippen molar-refractivity contribution < 1.29 is 47.5 Å². The number of nitrogens with one attached hydrogen (secondary N) is 2. The summed E-state index contributed by atoms with van der Waals surface area (Å²) in [6.07, 6.45) is 4.54. The minimum absolute atomic E-state index is 0. The van der Waals surface area contributed by atoms with Crippen molar-refractivity contribution in [1.29, 1.82) is 0 Å². The first-order valence-corrected chi connectivity index (χ1v) is 7.62. The fourth-order valence-corrected chi connectivity index (χ4v) is 2.04. The minimum atomic E-state index is -1.15. The molecule has 1 heterocycles. The van der Waals surface area contributed by atoms with Gasteiger partial charge in [-0.1, -0.05) is 0 Å². The Labute approximate surface area is 166 Å². The molecule has 0 aliphatic rings. The Morgan fingerprint density at radius 2 is 1.96 bits per heavy atom. The number of amides is 2. The average Bonchev–Trinajstić information content (AvgIpc) is 3.06. The Kier molecular flexibility index (Phi) is 17.8. The van der Waals surface area contributed by atoms with E-state index in [2.05, 4.69) is 20.6 Å². The Morgan fingerprint density at radius 1 is 1.30 bits per heavy atom. The zero-order valence-corrected chi connectivity index (χ0v) is 15.6. The van der Waals surface area contributed by atoms with E-state index in [1.807, 2.05) is 0 Å². The van der Waals surface area contributed by atoms with Gasteiger partial charge in [0.05, 0.1) is 17.9 Å². The predicted octanol–water partition coefficient (Wildman–Crippen LogP) is -2.87. The van der Waals surface area contributed by atoms with E-state index in [-0.39, 0.29) is 47.4 Å². The van der Waals surface area contributed by atoms with Crippen molar-refractivity contribution >= 4 is 17.8 Å². The topological polar surface area (TPSA) is 243 Å². The number of aromatic amines is 1. The molecule has 0 aromatic carbocycles. The number of rotatable bonds is 11. The summed E-state index contributed by atoms with van der Waals surface area (Å²) in [5.74, 6) is -2.44. The summed E-state index contributed by atoms with van der Waals surface area (Å²) in [6.45, 7) is 0.117. The standard InChI is InChI=1S/C14H24N6O4.Cu.2H2O/c15-4-2-1-3-10(14(23)24)20-13(22)11(19-12(21)6-16)5-9-7-17-8-18-9;;;/h7-8,10-11H,1-6,15-16H2,(H4,17,18,19,20,21,22,23,24);;2*1H2/t10-,11-;;;/m0.../s1/i6+1,12+1,16+1;;;. The van der Waals surface area contributed by atoms with Crippen molar-refractivity contribution in [2.75, 3.05) is 13.1 Å². The Hall–Kier alpha value is -2.02. The summed E-state index contributed by atoms with van der Waals surface area (Å²) in [7, 11) is 0. The summed E-state index contributed by atoms with van der Waals surface area (Å²) >= 11 is 0. The molecule has 2 atom stereocenters. The van der Waals surface area contributed by atoms with Gasteiger partial charge in [-0.3, -0.25) is 4.79 Å². The SMILES string of the molecule is NCCCC[C@H](NC(=O)[C@H](Cc1c[nH]cn1)[N-][13C](=O)[13CH2][15NH2])C(=O)O.O.[Cu].[OH3+]. The number of carbonyl (C=O) groups excluding carboxylic acids is 2. The van der Waals surface area contributed by atoms with E-state index in [1.165, 1.54) is 6.33 Å². The van der Waals surface area contributed by atoms with E-state index in [1.54, 1.807) is 6.20 Å². The van der Waals surface area contributed by atoms with Gasteiger partial charge in [-0.15, -0.1) is 0 Å². The molecule has 0 aliphatic heterocycles. The quantitative estimate of drug-likeness (QED) is 0.0786. The number of carboxylic acid groups (broad SMARTS) is 1. The molecule has 0 bridgehead atoms. The van der Waals surface area contributed by atoms with Gasteiger partial charge in [0.1, 0.15) is 6.04 Å². The van der Waals surface area contributed by atoms with Crippen LogP contribution in [0, 0.1) is 0 Å². The number of carboxylic acids is 1. The van der Waals surface area contributed by atoms with Gasteiger partial charge in [-0.05, 0) is 38.3 Å². The van der Waals surface area contributed by atoms with Crippen molar-refractivity contribution in [3.05, 3.63) is 23.5 Å². The molecule has 12 N–H and O–H groups in total. The van der Waals surface area contributed by atoms with Crippen molar-refractivity contribution in [2.24, 2.45) is 11.5 Å². The van der Waals surface area contributed by atoms with E-state index >= 15 is 0 Å². The van der Waals surface area contributed by atoms with Gasteiger partial charge in [0.25, 0.3) is 0 Å². The van der Waals surface area contributed by atoms with Gasteiger partial charge in [-0.25, -0.2) is 9.78 Å². The third-order valence-corrected chi connectivity index (χ3v) is 3.30. The second-order valence-electron chi connectivity index (χ2n) is 5.19. The number of aliphatic carboxylic acids is 1. The second kappa shape index (κ2) is 16.2. The molecule has 1 rings (SSSR count). The molecule has 1 aromatic heterocycles. The van der Waals surface area contributed by atoms with Crippen LogP contribution in [0.3, 0.4) is 0 Å². The number of H-pyrrole nitrogens is 1. The molecule has 0 aliphatic carbocycles. The van der Waals surface area contributed by atoms with E-state index in [4.69, 9.17) is 11.5 Å². The van der Waals surface area contributed by atoms with Crippen molar-refractivity contribution in [3.63, 3.8) is 0 Å². The van der Waals surface area contributed by atoms with Crippen LogP contribution in [-0.4, -0.2) is 63.5 Å². The third-order valence-electron chi connectivity index (χ3n) is 3.30. The summed E-state index contributed by atoms with van der Waals surface area (Å²) in [4.78, 5) is 41.8. The van der Waals surface area contributed by atoms with Gasteiger partial charge >= 0.3 is 5.97 Å². The maximum Gasteiger partial charge on any atom is 0.326 e. The van der Waals surface area contributed by atoms with Crippen LogP contribution < -0.4 is 16.8 Å². The van der Waals surface area contributed by atoms with E-state index in [0.29, 0.717) is 25.1 Å². The van der Waals surface area contributed by atoms with E-state index in [0.717, 1.165) is 0 Å². The molecule has 0 saturated heterocycles. The number of imidazole rings is 1.